The number of nitrogens with zero attached hydrogens (tertiary/aromatic N) is 1. The van der Waals surface area contributed by atoms with Gasteiger partial charge in [0.05, 0.1) is 39.7 Å². The van der Waals surface area contributed by atoms with Gasteiger partial charge in [-0.1, -0.05) is 18.2 Å². The molecule has 0 aliphatic rings. The molecule has 0 saturated carbocycles. The quantitative estimate of drug-likeness (QED) is 0.485. The van der Waals surface area contributed by atoms with Gasteiger partial charge in [-0.15, -0.1) is 11.3 Å². The number of ether oxygens (including phenoxy) is 3. The average Bonchev–Trinajstić information content (AvgIpc) is 3.20. The molecule has 0 aliphatic heterocycles. The lowest BCUT2D eigenvalue weighted by Gasteiger charge is -2.15. The number of hydrogen-bond donors (Lipinski definition) is 2. The zero-order chi connectivity index (χ0) is 23.3. The molecule has 0 aliphatic carbocycles. The number of methoxy groups -OCH3 is 3. The highest BCUT2D eigenvalue weighted by Crippen LogP contribution is 2.40. The Balaban J connectivity index is 1.70. The maximum absolute atomic E-state index is 12.6. The molecular weight excluding hydrogens is 454 g/mol. The molecule has 9 nitrogen and oxygen atoms in total. The molecule has 170 valence electrons. The van der Waals surface area contributed by atoms with Crippen LogP contribution in [0.4, 0.5) is 10.8 Å². The van der Waals surface area contributed by atoms with Crippen molar-refractivity contribution in [2.45, 2.75) is 6.42 Å². The normalized spacial score (nSPS) is 11.0. The Morgan fingerprint density at radius 1 is 1.00 bits per heavy atom. The van der Waals surface area contributed by atoms with E-state index in [0.717, 1.165) is 11.8 Å². The van der Waals surface area contributed by atoms with Gasteiger partial charge in [0.25, 0.3) is 0 Å². The molecule has 3 aromatic rings. The Morgan fingerprint density at radius 2 is 1.69 bits per heavy atom. The van der Waals surface area contributed by atoms with Crippen molar-refractivity contribution in [2.75, 3.05) is 37.6 Å². The summed E-state index contributed by atoms with van der Waals surface area (Å²) >= 11 is 1.29. The Bertz CT molecular complexity index is 1210. The molecule has 1 aromatic heterocycles. The van der Waals surface area contributed by atoms with Gasteiger partial charge in [0.2, 0.25) is 21.7 Å². The van der Waals surface area contributed by atoms with Crippen molar-refractivity contribution in [3.63, 3.8) is 0 Å². The maximum atomic E-state index is 12.6. The Kier molecular flexibility index (Phi) is 7.21. The van der Waals surface area contributed by atoms with Gasteiger partial charge in [-0.3, -0.25) is 9.52 Å². The predicted octanol–water partition coefficient (Wildman–Crippen LogP) is 3.39. The molecule has 0 unspecified atom stereocenters. The van der Waals surface area contributed by atoms with Crippen molar-refractivity contribution < 1.29 is 27.4 Å². The summed E-state index contributed by atoms with van der Waals surface area (Å²) in [7, 11) is 1.20. The molecule has 0 radical (unpaired) electrons. The Morgan fingerprint density at radius 3 is 2.28 bits per heavy atom. The van der Waals surface area contributed by atoms with Crippen LogP contribution in [0.5, 0.6) is 17.2 Å². The second-order valence-corrected chi connectivity index (χ2v) is 9.31. The van der Waals surface area contributed by atoms with E-state index < -0.39 is 10.0 Å². The van der Waals surface area contributed by atoms with Gasteiger partial charge in [-0.2, -0.15) is 0 Å². The van der Waals surface area contributed by atoms with Crippen molar-refractivity contribution in [3.05, 3.63) is 47.3 Å². The number of nitrogens with one attached hydrogen (secondary N) is 2. The molecule has 3 rings (SSSR count). The zero-order valence-electron chi connectivity index (χ0n) is 18.0. The van der Waals surface area contributed by atoms with E-state index in [1.807, 2.05) is 5.38 Å². The second kappa shape index (κ2) is 9.88. The highest BCUT2D eigenvalue weighted by Gasteiger charge is 2.18. The first-order valence-electron chi connectivity index (χ1n) is 9.35. The van der Waals surface area contributed by atoms with Crippen molar-refractivity contribution in [3.8, 4) is 28.5 Å². The molecule has 32 heavy (non-hydrogen) atoms. The SMILES string of the molecule is COc1ccc(CC(=O)Nc2nc(-c3ccc(NS(C)(=O)=O)cc3)cs2)c(OC)c1OC. The highest BCUT2D eigenvalue weighted by molar-refractivity contribution is 7.92. The average molecular weight is 478 g/mol. The maximum Gasteiger partial charge on any atom is 0.230 e. The molecule has 1 heterocycles. The van der Waals surface area contributed by atoms with Gasteiger partial charge in [0, 0.05) is 22.2 Å². The molecule has 0 fully saturated rings. The molecule has 11 heteroatoms. The van der Waals surface area contributed by atoms with Gasteiger partial charge in [-0.05, 0) is 18.2 Å². The van der Waals surface area contributed by atoms with E-state index in [2.05, 4.69) is 15.0 Å². The first-order valence-corrected chi connectivity index (χ1v) is 12.1. The van der Waals surface area contributed by atoms with E-state index in [9.17, 15) is 13.2 Å². The minimum absolute atomic E-state index is 0.0598. The minimum Gasteiger partial charge on any atom is -0.493 e. The molecular formula is C21H23N3O6S2. The first-order chi connectivity index (χ1) is 15.2. The molecule has 1 amide bonds. The number of sulfonamides is 1. The number of anilines is 2. The first kappa shape index (κ1) is 23.4. The Hall–Kier alpha value is -3.31. The van der Waals surface area contributed by atoms with Crippen LogP contribution in [-0.2, 0) is 21.2 Å². The highest BCUT2D eigenvalue weighted by atomic mass is 32.2. The number of benzene rings is 2. The fourth-order valence-corrected chi connectivity index (χ4v) is 4.33. The van der Waals surface area contributed by atoms with Crippen LogP contribution in [0.2, 0.25) is 0 Å². The van der Waals surface area contributed by atoms with Crippen LogP contribution in [0.3, 0.4) is 0 Å². The monoisotopic (exact) mass is 477 g/mol. The number of hydrogen-bond acceptors (Lipinski definition) is 8. The van der Waals surface area contributed by atoms with Gasteiger partial charge < -0.3 is 19.5 Å². The van der Waals surface area contributed by atoms with E-state index >= 15 is 0 Å². The predicted molar refractivity (Wildman–Crippen MR) is 124 cm³/mol. The number of carbonyl (C=O) groups is 1. The van der Waals surface area contributed by atoms with Crippen LogP contribution in [0, 0.1) is 0 Å². The largest absolute Gasteiger partial charge is 0.493 e. The third-order valence-electron chi connectivity index (χ3n) is 4.37. The van der Waals surface area contributed by atoms with Crippen LogP contribution in [0.15, 0.2) is 41.8 Å². The minimum atomic E-state index is -3.34. The van der Waals surface area contributed by atoms with Crippen molar-refractivity contribution >= 4 is 38.1 Å². The van der Waals surface area contributed by atoms with E-state index in [4.69, 9.17) is 14.2 Å². The lowest BCUT2D eigenvalue weighted by atomic mass is 10.1. The zero-order valence-corrected chi connectivity index (χ0v) is 19.6. The summed E-state index contributed by atoms with van der Waals surface area (Å²) in [6.45, 7) is 0. The summed E-state index contributed by atoms with van der Waals surface area (Å²) in [6, 6.07) is 10.3. The number of thiazole rings is 1. The van der Waals surface area contributed by atoms with Crippen molar-refractivity contribution in [1.82, 2.24) is 4.98 Å². The topological polar surface area (TPSA) is 116 Å². The lowest BCUT2D eigenvalue weighted by molar-refractivity contribution is -0.115. The van der Waals surface area contributed by atoms with Crippen molar-refractivity contribution in [1.29, 1.82) is 0 Å². The molecule has 0 spiro atoms. The smallest absolute Gasteiger partial charge is 0.230 e. The number of rotatable bonds is 9. The number of carbonyl (C=O) groups excluding carboxylic acids is 1. The van der Waals surface area contributed by atoms with Crippen LogP contribution < -0.4 is 24.2 Å². The molecule has 0 atom stereocenters. The summed E-state index contributed by atoms with van der Waals surface area (Å²) in [5.41, 5.74) is 2.57. The number of aromatic nitrogens is 1. The van der Waals surface area contributed by atoms with E-state index in [1.54, 1.807) is 36.4 Å². The number of amides is 1. The molecule has 0 saturated heterocycles. The van der Waals surface area contributed by atoms with Gasteiger partial charge in [-0.25, -0.2) is 13.4 Å². The Labute approximate surface area is 190 Å². The van der Waals surface area contributed by atoms with E-state index in [1.165, 1.54) is 32.7 Å². The summed E-state index contributed by atoms with van der Waals surface area (Å²) < 4.78 is 41.1. The molecule has 2 aromatic carbocycles. The molecule has 0 bridgehead atoms. The summed E-state index contributed by atoms with van der Waals surface area (Å²) in [5, 5.41) is 5.05. The third kappa shape index (κ3) is 5.68. The van der Waals surface area contributed by atoms with E-state index in [0.29, 0.717) is 39.3 Å². The fraction of sp³-hybridized carbons (Fsp3) is 0.238. The summed E-state index contributed by atoms with van der Waals surface area (Å²) in [5.74, 6) is 1.11. The van der Waals surface area contributed by atoms with Gasteiger partial charge >= 0.3 is 0 Å². The van der Waals surface area contributed by atoms with Crippen LogP contribution >= 0.6 is 11.3 Å². The van der Waals surface area contributed by atoms with E-state index in [-0.39, 0.29) is 12.3 Å². The summed E-state index contributed by atoms with van der Waals surface area (Å²) in [4.78, 5) is 17.0. The second-order valence-electron chi connectivity index (χ2n) is 6.71. The fourth-order valence-electron chi connectivity index (χ4n) is 3.03. The lowest BCUT2D eigenvalue weighted by Crippen LogP contribution is -2.15. The van der Waals surface area contributed by atoms with Crippen LogP contribution in [0.1, 0.15) is 5.56 Å². The van der Waals surface area contributed by atoms with Gasteiger partial charge in [0.1, 0.15) is 0 Å². The van der Waals surface area contributed by atoms with Crippen molar-refractivity contribution in [2.24, 2.45) is 0 Å². The van der Waals surface area contributed by atoms with Crippen LogP contribution in [0.25, 0.3) is 11.3 Å². The van der Waals surface area contributed by atoms with Crippen LogP contribution in [-0.4, -0.2) is 46.9 Å². The van der Waals surface area contributed by atoms with Gasteiger partial charge in [0.15, 0.2) is 16.6 Å². The molecule has 2 N–H and O–H groups in total. The standard InChI is InChI=1S/C21H23N3O6S2/c1-28-17-10-7-14(19(29-2)20(17)30-3)11-18(25)23-21-22-16(12-31-21)13-5-8-15(9-6-13)24-32(4,26)27/h5-10,12,24H,11H2,1-4H3,(H,22,23,25). The third-order valence-corrected chi connectivity index (χ3v) is 5.74. The summed E-state index contributed by atoms with van der Waals surface area (Å²) in [6.07, 6.45) is 1.15.